The zero-order valence-corrected chi connectivity index (χ0v) is 28.1. The maximum atomic E-state index is 13.0. The summed E-state index contributed by atoms with van der Waals surface area (Å²) in [5.41, 5.74) is 4.34. The molecule has 5 N–H and O–H groups in total. The molecule has 0 bridgehead atoms. The predicted molar refractivity (Wildman–Crippen MR) is 177 cm³/mol. The van der Waals surface area contributed by atoms with Crippen molar-refractivity contribution in [1.29, 1.82) is 0 Å². The average molecular weight is 669 g/mol. The van der Waals surface area contributed by atoms with Crippen LogP contribution in [-0.4, -0.2) is 44.8 Å². The molecule has 1 heterocycles. The van der Waals surface area contributed by atoms with E-state index in [1.807, 2.05) is 51.1 Å². The topological polar surface area (TPSA) is 183 Å². The van der Waals surface area contributed by atoms with Crippen LogP contribution in [0.15, 0.2) is 90.1 Å². The Kier molecular flexibility index (Phi) is 11.7. The van der Waals surface area contributed by atoms with Gasteiger partial charge in [-0.25, -0.2) is 22.7 Å². The highest BCUT2D eigenvalue weighted by atomic mass is 32.2. The summed E-state index contributed by atoms with van der Waals surface area (Å²) >= 11 is 0. The molecule has 0 aliphatic heterocycles. The highest BCUT2D eigenvalue weighted by Gasteiger charge is 2.24. The molecule has 0 atom stereocenters. The van der Waals surface area contributed by atoms with Gasteiger partial charge in [-0.2, -0.15) is 0 Å². The number of sulfonamides is 1. The molecule has 0 aliphatic rings. The first-order valence-electron chi connectivity index (χ1n) is 14.4. The van der Waals surface area contributed by atoms with Crippen molar-refractivity contribution in [2.24, 2.45) is 0 Å². The van der Waals surface area contributed by atoms with E-state index in [0.29, 0.717) is 27.8 Å². The number of nitrogens with zero attached hydrogens (tertiary/aromatic N) is 1. The summed E-state index contributed by atoms with van der Waals surface area (Å²) in [6, 6.07) is 21.7. The van der Waals surface area contributed by atoms with Crippen LogP contribution in [0.2, 0.25) is 0 Å². The minimum atomic E-state index is -4.33. The van der Waals surface area contributed by atoms with Crippen LogP contribution in [0.1, 0.15) is 52.9 Å². The van der Waals surface area contributed by atoms with E-state index in [1.165, 1.54) is 10.9 Å². The summed E-state index contributed by atoms with van der Waals surface area (Å²) in [6.07, 6.45) is 3.16. The van der Waals surface area contributed by atoms with Crippen LogP contribution in [-0.2, 0) is 25.7 Å². The van der Waals surface area contributed by atoms with Crippen LogP contribution < -0.4 is 20.6 Å². The number of rotatable bonds is 10. The molecule has 1 aromatic heterocycles. The monoisotopic (exact) mass is 668 g/mol. The second-order valence-corrected chi connectivity index (χ2v) is 14.6. The summed E-state index contributed by atoms with van der Waals surface area (Å²) in [6.45, 7) is 8.76. The number of hydrogen-bond donors (Lipinski definition) is 4. The summed E-state index contributed by atoms with van der Waals surface area (Å²) in [5, 5.41) is 12.0. The number of aliphatic hydroxyl groups excluding tert-OH is 1. The van der Waals surface area contributed by atoms with Gasteiger partial charge in [0, 0.05) is 23.8 Å². The number of carbonyl (C=O) groups is 1. The molecule has 246 valence electrons. The van der Waals surface area contributed by atoms with Crippen LogP contribution in [0.25, 0.3) is 11.1 Å². The van der Waals surface area contributed by atoms with E-state index in [2.05, 4.69) is 10.0 Å². The number of nitrogens with one attached hydrogen (secondary N) is 2. The molecule has 1 amide bonds. The number of aromatic nitrogens is 1. The number of pyridine rings is 1. The van der Waals surface area contributed by atoms with Gasteiger partial charge >= 0.3 is 0 Å². The molecule has 4 aromatic rings. The van der Waals surface area contributed by atoms with E-state index in [9.17, 15) is 26.2 Å². The van der Waals surface area contributed by atoms with Crippen molar-refractivity contribution in [2.75, 3.05) is 22.9 Å². The van der Waals surface area contributed by atoms with E-state index < -0.39 is 25.7 Å². The lowest BCUT2D eigenvalue weighted by atomic mass is 9.93. The fraction of sp³-hybridized carbons (Fsp3) is 0.273. The number of anilines is 1. The Balaban J connectivity index is 0.000000370. The Morgan fingerprint density at radius 1 is 0.935 bits per heavy atom. The highest BCUT2D eigenvalue weighted by molar-refractivity contribution is 7.92. The van der Waals surface area contributed by atoms with Crippen molar-refractivity contribution in [3.63, 3.8) is 0 Å². The predicted octanol–water partition coefficient (Wildman–Crippen LogP) is 3.66. The van der Waals surface area contributed by atoms with Crippen LogP contribution in [0.3, 0.4) is 0 Å². The van der Waals surface area contributed by atoms with E-state index in [1.54, 1.807) is 62.5 Å². The van der Waals surface area contributed by atoms with E-state index in [4.69, 9.17) is 10.9 Å². The molecule has 0 radical (unpaired) electrons. The lowest BCUT2D eigenvalue weighted by molar-refractivity contribution is -0.638. The number of aliphatic hydroxyl groups is 1. The van der Waals surface area contributed by atoms with Gasteiger partial charge in [-0.3, -0.25) is 9.52 Å². The molecule has 3 aromatic carbocycles. The van der Waals surface area contributed by atoms with Crippen molar-refractivity contribution < 1.29 is 36.0 Å². The Morgan fingerprint density at radius 3 is 2.15 bits per heavy atom. The zero-order chi connectivity index (χ0) is 34.3. The second kappa shape index (κ2) is 14.9. The van der Waals surface area contributed by atoms with Gasteiger partial charge in [0.25, 0.3) is 5.91 Å². The maximum Gasteiger partial charge on any atom is 0.251 e. The minimum Gasteiger partial charge on any atom is -0.744 e. The van der Waals surface area contributed by atoms with Crippen LogP contribution in [0.5, 0.6) is 0 Å². The number of carbonyl (C=O) groups excluding carboxylic acids is 1. The Labute approximate surface area is 270 Å². The largest absolute Gasteiger partial charge is 0.744 e. The molecule has 0 saturated carbocycles. The highest BCUT2D eigenvalue weighted by Crippen LogP contribution is 2.29. The summed E-state index contributed by atoms with van der Waals surface area (Å²) < 4.78 is 61.0. The molecule has 0 fully saturated rings. The minimum absolute atomic E-state index is 0.0851. The average Bonchev–Trinajstić information content (AvgIpc) is 2.95. The Morgan fingerprint density at radius 2 is 1.57 bits per heavy atom. The van der Waals surface area contributed by atoms with Crippen molar-refractivity contribution in [3.05, 3.63) is 113 Å². The van der Waals surface area contributed by atoms with Gasteiger partial charge in [-0.15, -0.1) is 0 Å². The fourth-order valence-electron chi connectivity index (χ4n) is 4.99. The Hall–Kier alpha value is -4.30. The molecule has 13 heteroatoms. The van der Waals surface area contributed by atoms with Crippen LogP contribution >= 0.6 is 0 Å². The first-order valence-corrected chi connectivity index (χ1v) is 17.4. The maximum absolute atomic E-state index is 13.0. The third-order valence-electron chi connectivity index (χ3n) is 7.03. The van der Waals surface area contributed by atoms with Crippen molar-refractivity contribution in [1.82, 2.24) is 5.32 Å². The molecule has 11 nitrogen and oxygen atoms in total. The molecule has 0 saturated heterocycles. The molecule has 0 spiro atoms. The third-order valence-corrected chi connectivity index (χ3v) is 9.53. The van der Waals surface area contributed by atoms with Crippen LogP contribution in [0, 0.1) is 20.8 Å². The zero-order valence-electron chi connectivity index (χ0n) is 26.4. The van der Waals surface area contributed by atoms with Crippen LogP contribution in [0.4, 0.5) is 5.69 Å². The van der Waals surface area contributed by atoms with E-state index >= 15 is 0 Å². The SMILES string of the molecule is CC(C)(NC(=O)c1cccc(-c2cc[n+](N)cc2NS(=O)(=O)CCCO)c1)c1ccccc1.Cc1cc(C)c(S(=O)(=O)[O-])c(C)c1. The lowest BCUT2D eigenvalue weighted by Crippen LogP contribution is -2.43. The molecule has 0 unspecified atom stereocenters. The molecular weight excluding hydrogens is 629 g/mol. The van der Waals surface area contributed by atoms with E-state index in [-0.39, 0.29) is 35.3 Å². The molecule has 4 rings (SSSR count). The molecule has 0 aliphatic carbocycles. The lowest BCUT2D eigenvalue weighted by Gasteiger charge is -2.27. The number of nitrogen functional groups attached to an aromatic ring is 1. The van der Waals surface area contributed by atoms with Gasteiger partial charge in [0.1, 0.15) is 15.8 Å². The summed E-state index contributed by atoms with van der Waals surface area (Å²) in [4.78, 5) is 12.9. The van der Waals surface area contributed by atoms with Crippen molar-refractivity contribution in [3.8, 4) is 11.1 Å². The third kappa shape index (κ3) is 9.85. The van der Waals surface area contributed by atoms with Gasteiger partial charge in [0.15, 0.2) is 6.20 Å². The van der Waals surface area contributed by atoms with Crippen molar-refractivity contribution in [2.45, 2.75) is 51.5 Å². The van der Waals surface area contributed by atoms with Gasteiger partial charge in [-0.05, 0) is 75.4 Å². The van der Waals surface area contributed by atoms with Gasteiger partial charge < -0.3 is 15.0 Å². The number of aryl methyl sites for hydroxylation is 3. The quantitative estimate of drug-likeness (QED) is 0.112. The Bertz CT molecular complexity index is 1890. The number of nitrogens with two attached hydrogens (primary N) is 1. The number of benzene rings is 3. The first kappa shape index (κ1) is 36.2. The number of hydrogen-bond acceptors (Lipinski definition) is 8. The van der Waals surface area contributed by atoms with Gasteiger partial charge in [0.2, 0.25) is 16.2 Å². The second-order valence-electron chi connectivity index (χ2n) is 11.4. The fourth-order valence-corrected chi connectivity index (χ4v) is 7.01. The molecule has 46 heavy (non-hydrogen) atoms. The van der Waals surface area contributed by atoms with Gasteiger partial charge in [-0.1, -0.05) is 64.8 Å². The van der Waals surface area contributed by atoms with E-state index in [0.717, 1.165) is 11.1 Å². The normalized spacial score (nSPS) is 11.7. The summed E-state index contributed by atoms with van der Waals surface area (Å²) in [7, 11) is -8.01. The standard InChI is InChI=1S/C24H28N4O4S.C9H12O3S/c1-24(2,20-10-4-3-5-11-20)26-23(30)19-9-6-8-18(16-19)21-12-13-28(25)17-22(21)27-33(31,32)15-7-14-29;1-6-4-7(2)9(8(3)5-6)13(10,11)12/h3-6,8-13,16-17,27,29H,7,14-15,25H2,1-2H3;4-5H,1-3H3,(H,10,11,12). The molecular formula is C33H40N4O7S2. The first-order chi connectivity index (χ1) is 21.4. The summed E-state index contributed by atoms with van der Waals surface area (Å²) in [5.74, 6) is 5.33. The van der Waals surface area contributed by atoms with Gasteiger partial charge in [0.05, 0.1) is 16.2 Å². The smallest absolute Gasteiger partial charge is 0.251 e. The number of amides is 1. The van der Waals surface area contributed by atoms with Crippen molar-refractivity contribution >= 4 is 31.7 Å².